The van der Waals surface area contributed by atoms with Gasteiger partial charge in [0.25, 0.3) is 0 Å². The van der Waals surface area contributed by atoms with Crippen molar-refractivity contribution in [1.82, 2.24) is 19.7 Å². The fraction of sp³-hybridized carbons (Fsp3) is 0.360. The number of anilines is 2. The number of fused-ring (bicyclic) bond motifs is 1. The van der Waals surface area contributed by atoms with Gasteiger partial charge in [0.15, 0.2) is 11.0 Å². The van der Waals surface area contributed by atoms with Crippen molar-refractivity contribution >= 4 is 35.0 Å². The van der Waals surface area contributed by atoms with Crippen LogP contribution in [0.2, 0.25) is 0 Å². The van der Waals surface area contributed by atoms with E-state index in [2.05, 4.69) is 44.0 Å². The molecule has 8 nitrogen and oxygen atoms in total. The van der Waals surface area contributed by atoms with Crippen LogP contribution >= 0.6 is 11.8 Å². The van der Waals surface area contributed by atoms with Gasteiger partial charge >= 0.3 is 0 Å². The highest BCUT2D eigenvalue weighted by atomic mass is 32.2. The van der Waals surface area contributed by atoms with Gasteiger partial charge in [-0.15, -0.1) is 10.2 Å². The van der Waals surface area contributed by atoms with Crippen molar-refractivity contribution in [3.05, 3.63) is 66.0 Å². The Labute approximate surface area is 204 Å². The molecule has 0 saturated carbocycles. The second kappa shape index (κ2) is 10.4. The molecule has 0 radical (unpaired) electrons. The standard InChI is InChI=1S/C25H30N6O2S/c1-5-20(29(3)4)23-27-28-25(31(23)15-18-11-7-6-8-12-18)34-17(2)24(33)30-16-22(32)26-19-13-9-10-14-21(19)30/h6-14,17,20H,5,15-16H2,1-4H3,(H,26,32)/t17-,20+/m1/s1. The number of thioether (sulfide) groups is 1. The number of rotatable bonds is 8. The summed E-state index contributed by atoms with van der Waals surface area (Å²) in [7, 11) is 4.07. The number of carbonyl (C=O) groups excluding carboxylic acids is 2. The maximum Gasteiger partial charge on any atom is 0.244 e. The molecular weight excluding hydrogens is 448 g/mol. The van der Waals surface area contributed by atoms with E-state index >= 15 is 0 Å². The molecule has 2 amide bonds. The largest absolute Gasteiger partial charge is 0.323 e. The highest BCUT2D eigenvalue weighted by molar-refractivity contribution is 8.00. The first-order valence-corrected chi connectivity index (χ1v) is 12.3. The quantitative estimate of drug-likeness (QED) is 0.496. The van der Waals surface area contributed by atoms with E-state index < -0.39 is 5.25 Å². The van der Waals surface area contributed by atoms with Gasteiger partial charge < -0.3 is 9.88 Å². The van der Waals surface area contributed by atoms with Crippen LogP contribution < -0.4 is 10.2 Å². The van der Waals surface area contributed by atoms with Gasteiger partial charge in [0.1, 0.15) is 6.54 Å². The van der Waals surface area contributed by atoms with Gasteiger partial charge in [-0.25, -0.2) is 0 Å². The molecule has 0 saturated heterocycles. The molecule has 0 spiro atoms. The molecule has 0 bridgehead atoms. The van der Waals surface area contributed by atoms with E-state index in [0.29, 0.717) is 23.1 Å². The van der Waals surface area contributed by atoms with Crippen molar-refractivity contribution in [2.75, 3.05) is 30.9 Å². The lowest BCUT2D eigenvalue weighted by Gasteiger charge is -2.30. The average molecular weight is 479 g/mol. The number of para-hydroxylation sites is 2. The Bertz CT molecular complexity index is 1160. The van der Waals surface area contributed by atoms with E-state index in [0.717, 1.165) is 17.8 Å². The van der Waals surface area contributed by atoms with Crippen LogP contribution in [0.25, 0.3) is 0 Å². The Kier molecular flexibility index (Phi) is 7.33. The van der Waals surface area contributed by atoms with Gasteiger partial charge in [0.2, 0.25) is 11.8 Å². The van der Waals surface area contributed by atoms with Crippen LogP contribution in [0.3, 0.4) is 0 Å². The molecule has 2 aromatic carbocycles. The number of nitrogens with zero attached hydrogens (tertiary/aromatic N) is 5. The van der Waals surface area contributed by atoms with E-state index in [-0.39, 0.29) is 24.4 Å². The fourth-order valence-electron chi connectivity index (χ4n) is 4.18. The predicted octanol–water partition coefficient (Wildman–Crippen LogP) is 3.81. The Morgan fingerprint density at radius 2 is 1.82 bits per heavy atom. The zero-order valence-corrected chi connectivity index (χ0v) is 20.7. The average Bonchev–Trinajstić information content (AvgIpc) is 3.20. The second-order valence-electron chi connectivity index (χ2n) is 8.55. The molecule has 1 aromatic heterocycles. The van der Waals surface area contributed by atoms with Crippen LogP contribution in [0.5, 0.6) is 0 Å². The first kappa shape index (κ1) is 24.0. The lowest BCUT2D eigenvalue weighted by atomic mass is 10.2. The van der Waals surface area contributed by atoms with Gasteiger partial charge in [-0.2, -0.15) is 0 Å². The molecule has 4 rings (SSSR count). The van der Waals surface area contributed by atoms with E-state index in [1.807, 2.05) is 57.4 Å². The normalized spacial score (nSPS) is 15.1. The molecule has 9 heteroatoms. The third kappa shape index (κ3) is 5.00. The SMILES string of the molecule is CC[C@@H](c1nnc(S[C@H](C)C(=O)N2CC(=O)Nc3ccccc32)n1Cc1ccccc1)N(C)C. The lowest BCUT2D eigenvalue weighted by Crippen LogP contribution is -2.45. The maximum absolute atomic E-state index is 13.4. The van der Waals surface area contributed by atoms with E-state index in [9.17, 15) is 9.59 Å². The molecule has 0 fully saturated rings. The number of hydrogen-bond acceptors (Lipinski definition) is 6. The van der Waals surface area contributed by atoms with Crippen LogP contribution in [0.4, 0.5) is 11.4 Å². The minimum absolute atomic E-state index is 0.00123. The van der Waals surface area contributed by atoms with Crippen LogP contribution in [0.15, 0.2) is 59.8 Å². The number of aromatic nitrogens is 3. The van der Waals surface area contributed by atoms with Crippen molar-refractivity contribution < 1.29 is 9.59 Å². The number of benzene rings is 2. The molecule has 34 heavy (non-hydrogen) atoms. The Balaban J connectivity index is 1.62. The monoisotopic (exact) mass is 478 g/mol. The maximum atomic E-state index is 13.4. The molecule has 0 aliphatic carbocycles. The Morgan fingerprint density at radius 3 is 2.53 bits per heavy atom. The zero-order chi connectivity index (χ0) is 24.2. The predicted molar refractivity (Wildman–Crippen MR) is 135 cm³/mol. The summed E-state index contributed by atoms with van der Waals surface area (Å²) in [6.45, 7) is 4.60. The number of amides is 2. The first-order chi connectivity index (χ1) is 16.4. The molecule has 2 heterocycles. The Morgan fingerprint density at radius 1 is 1.12 bits per heavy atom. The summed E-state index contributed by atoms with van der Waals surface area (Å²) in [5, 5.41) is 12.1. The van der Waals surface area contributed by atoms with Crippen molar-refractivity contribution in [2.24, 2.45) is 0 Å². The third-order valence-corrected chi connectivity index (χ3v) is 6.97. The molecule has 2 atom stereocenters. The summed E-state index contributed by atoms with van der Waals surface area (Å²) in [5.74, 6) is 0.541. The molecule has 178 valence electrons. The molecule has 1 aliphatic rings. The topological polar surface area (TPSA) is 83.4 Å². The number of nitrogens with one attached hydrogen (secondary N) is 1. The third-order valence-electron chi connectivity index (χ3n) is 5.90. The molecule has 0 unspecified atom stereocenters. The summed E-state index contributed by atoms with van der Waals surface area (Å²) in [6.07, 6.45) is 0.888. The number of carbonyl (C=O) groups is 2. The fourth-order valence-corrected chi connectivity index (χ4v) is 5.10. The molecular formula is C25H30N6O2S. The van der Waals surface area contributed by atoms with Crippen molar-refractivity contribution in [2.45, 2.75) is 43.3 Å². The van der Waals surface area contributed by atoms with Crippen LogP contribution in [0, 0.1) is 0 Å². The van der Waals surface area contributed by atoms with E-state index in [4.69, 9.17) is 0 Å². The summed E-state index contributed by atoms with van der Waals surface area (Å²) in [4.78, 5) is 29.3. The summed E-state index contributed by atoms with van der Waals surface area (Å²) >= 11 is 1.38. The van der Waals surface area contributed by atoms with Crippen molar-refractivity contribution in [1.29, 1.82) is 0 Å². The van der Waals surface area contributed by atoms with Gasteiger partial charge in [-0.05, 0) is 45.1 Å². The highest BCUT2D eigenvalue weighted by Crippen LogP contribution is 2.33. The van der Waals surface area contributed by atoms with Gasteiger partial charge in [-0.3, -0.25) is 19.4 Å². The zero-order valence-electron chi connectivity index (χ0n) is 19.9. The van der Waals surface area contributed by atoms with Gasteiger partial charge in [0, 0.05) is 0 Å². The van der Waals surface area contributed by atoms with Crippen molar-refractivity contribution in [3.63, 3.8) is 0 Å². The minimum Gasteiger partial charge on any atom is -0.323 e. The van der Waals surface area contributed by atoms with E-state index in [1.54, 1.807) is 11.0 Å². The summed E-state index contributed by atoms with van der Waals surface area (Å²) in [5.41, 5.74) is 2.50. The smallest absolute Gasteiger partial charge is 0.244 e. The number of hydrogen-bond donors (Lipinski definition) is 1. The highest BCUT2D eigenvalue weighted by Gasteiger charge is 2.31. The van der Waals surface area contributed by atoms with E-state index in [1.165, 1.54) is 11.8 Å². The van der Waals surface area contributed by atoms with Gasteiger partial charge in [0.05, 0.1) is 29.2 Å². The second-order valence-corrected chi connectivity index (χ2v) is 9.86. The van der Waals surface area contributed by atoms with Crippen LogP contribution in [-0.2, 0) is 16.1 Å². The molecule has 1 aliphatic heterocycles. The molecule has 3 aromatic rings. The summed E-state index contributed by atoms with van der Waals surface area (Å²) in [6, 6.07) is 17.6. The summed E-state index contributed by atoms with van der Waals surface area (Å²) < 4.78 is 2.11. The molecule has 1 N–H and O–H groups in total. The van der Waals surface area contributed by atoms with Crippen molar-refractivity contribution in [3.8, 4) is 0 Å². The first-order valence-electron chi connectivity index (χ1n) is 11.4. The van der Waals surface area contributed by atoms with Gasteiger partial charge in [-0.1, -0.05) is 61.2 Å². The van der Waals surface area contributed by atoms with Crippen LogP contribution in [-0.4, -0.2) is 57.4 Å². The lowest BCUT2D eigenvalue weighted by molar-refractivity contribution is -0.121. The van der Waals surface area contributed by atoms with Crippen LogP contribution in [0.1, 0.15) is 37.7 Å². The Hall–Kier alpha value is -3.17. The minimum atomic E-state index is -0.454.